The van der Waals surface area contributed by atoms with Crippen LogP contribution in [0.1, 0.15) is 74.1 Å². The molecule has 2 N–H and O–H groups in total. The SMILES string of the molecule is C(#Cc1cnc2[nH]ccc2c1NC1CCCCCC1)c1ccc(C2CC2)cn1. The second-order valence-electron chi connectivity index (χ2n) is 8.12. The summed E-state index contributed by atoms with van der Waals surface area (Å²) < 4.78 is 0. The van der Waals surface area contributed by atoms with Crippen LogP contribution < -0.4 is 5.32 Å². The molecule has 5 rings (SSSR count). The van der Waals surface area contributed by atoms with Crippen LogP contribution in [0.4, 0.5) is 5.69 Å². The quantitative estimate of drug-likeness (QED) is 0.481. The molecule has 0 unspecified atom stereocenters. The molecular formula is C24H26N4. The van der Waals surface area contributed by atoms with Gasteiger partial charge in [0.05, 0.1) is 11.3 Å². The Kier molecular flexibility index (Phi) is 4.74. The third-order valence-electron chi connectivity index (χ3n) is 5.95. The van der Waals surface area contributed by atoms with Crippen LogP contribution in [-0.4, -0.2) is 21.0 Å². The van der Waals surface area contributed by atoms with E-state index in [1.807, 2.05) is 24.7 Å². The summed E-state index contributed by atoms with van der Waals surface area (Å²) >= 11 is 0. The van der Waals surface area contributed by atoms with E-state index in [1.165, 1.54) is 56.9 Å². The van der Waals surface area contributed by atoms with Gasteiger partial charge in [0.15, 0.2) is 0 Å². The number of hydrogen-bond acceptors (Lipinski definition) is 3. The third kappa shape index (κ3) is 3.75. The van der Waals surface area contributed by atoms with E-state index in [4.69, 9.17) is 0 Å². The van der Waals surface area contributed by atoms with Gasteiger partial charge in [0, 0.05) is 30.0 Å². The fraction of sp³-hybridized carbons (Fsp3) is 0.417. The van der Waals surface area contributed by atoms with Gasteiger partial charge in [0.2, 0.25) is 0 Å². The number of nitrogens with zero attached hydrogens (tertiary/aromatic N) is 2. The Balaban J connectivity index is 1.45. The number of rotatable bonds is 3. The van der Waals surface area contributed by atoms with E-state index >= 15 is 0 Å². The van der Waals surface area contributed by atoms with Crippen molar-refractivity contribution in [2.75, 3.05) is 5.32 Å². The lowest BCUT2D eigenvalue weighted by Gasteiger charge is -2.19. The first-order valence-electron chi connectivity index (χ1n) is 10.6. The lowest BCUT2D eigenvalue weighted by atomic mass is 10.1. The maximum atomic E-state index is 4.55. The first-order chi connectivity index (χ1) is 13.9. The first-order valence-corrected chi connectivity index (χ1v) is 10.6. The van der Waals surface area contributed by atoms with Crippen molar-refractivity contribution in [2.45, 2.75) is 63.3 Å². The smallest absolute Gasteiger partial charge is 0.139 e. The van der Waals surface area contributed by atoms with Gasteiger partial charge in [-0.1, -0.05) is 37.7 Å². The molecule has 0 aromatic carbocycles. The molecule has 3 aromatic heterocycles. The Bertz CT molecular complexity index is 1010. The molecular weight excluding hydrogens is 344 g/mol. The molecule has 3 heterocycles. The number of hydrogen-bond donors (Lipinski definition) is 2. The molecule has 0 bridgehead atoms. The van der Waals surface area contributed by atoms with E-state index in [0.29, 0.717) is 6.04 Å². The van der Waals surface area contributed by atoms with Gasteiger partial charge in [0.1, 0.15) is 11.3 Å². The van der Waals surface area contributed by atoms with Crippen LogP contribution in [0.25, 0.3) is 11.0 Å². The largest absolute Gasteiger partial charge is 0.381 e. The highest BCUT2D eigenvalue weighted by Gasteiger charge is 2.23. The molecule has 2 saturated carbocycles. The van der Waals surface area contributed by atoms with Crippen LogP contribution in [0.3, 0.4) is 0 Å². The minimum absolute atomic E-state index is 0.513. The number of pyridine rings is 2. The van der Waals surface area contributed by atoms with Gasteiger partial charge in [0.25, 0.3) is 0 Å². The van der Waals surface area contributed by atoms with Crippen LogP contribution in [0.2, 0.25) is 0 Å². The second-order valence-corrected chi connectivity index (χ2v) is 8.12. The van der Waals surface area contributed by atoms with Crippen molar-refractivity contribution in [3.05, 3.63) is 53.6 Å². The highest BCUT2D eigenvalue weighted by molar-refractivity contribution is 5.92. The van der Waals surface area contributed by atoms with Crippen molar-refractivity contribution in [1.82, 2.24) is 15.0 Å². The number of fused-ring (bicyclic) bond motifs is 1. The molecule has 0 aliphatic heterocycles. The normalized spacial score (nSPS) is 17.7. The monoisotopic (exact) mass is 370 g/mol. The third-order valence-corrected chi connectivity index (χ3v) is 5.95. The summed E-state index contributed by atoms with van der Waals surface area (Å²) in [7, 11) is 0. The van der Waals surface area contributed by atoms with Crippen molar-refractivity contribution in [1.29, 1.82) is 0 Å². The van der Waals surface area contributed by atoms with Crippen molar-refractivity contribution in [3.8, 4) is 11.8 Å². The number of H-pyrrole nitrogens is 1. The Labute approximate surface area is 166 Å². The summed E-state index contributed by atoms with van der Waals surface area (Å²) in [5.41, 5.74) is 5.13. The van der Waals surface area contributed by atoms with Gasteiger partial charge in [-0.05, 0) is 55.2 Å². The van der Waals surface area contributed by atoms with Gasteiger partial charge < -0.3 is 10.3 Å². The topological polar surface area (TPSA) is 53.6 Å². The fourth-order valence-electron chi connectivity index (χ4n) is 4.15. The Morgan fingerprint density at radius 1 is 0.893 bits per heavy atom. The zero-order valence-electron chi connectivity index (χ0n) is 16.2. The summed E-state index contributed by atoms with van der Waals surface area (Å²) in [6, 6.07) is 6.82. The van der Waals surface area contributed by atoms with Crippen molar-refractivity contribution < 1.29 is 0 Å². The van der Waals surface area contributed by atoms with Crippen molar-refractivity contribution in [3.63, 3.8) is 0 Å². The maximum Gasteiger partial charge on any atom is 0.139 e. The van der Waals surface area contributed by atoms with E-state index in [2.05, 4.69) is 44.2 Å². The Morgan fingerprint density at radius 3 is 2.50 bits per heavy atom. The fourth-order valence-corrected chi connectivity index (χ4v) is 4.15. The predicted octanol–water partition coefficient (Wildman–Crippen LogP) is 5.37. The molecule has 0 saturated heterocycles. The molecule has 2 aliphatic carbocycles. The molecule has 2 aliphatic rings. The minimum atomic E-state index is 0.513. The van der Waals surface area contributed by atoms with Crippen LogP contribution in [-0.2, 0) is 0 Å². The molecule has 3 aromatic rings. The zero-order valence-corrected chi connectivity index (χ0v) is 16.2. The minimum Gasteiger partial charge on any atom is -0.381 e. The summed E-state index contributed by atoms with van der Waals surface area (Å²) in [6.07, 6.45) is 16.2. The first kappa shape index (κ1) is 17.3. The van der Waals surface area contributed by atoms with E-state index in [1.54, 1.807) is 0 Å². The molecule has 28 heavy (non-hydrogen) atoms. The van der Waals surface area contributed by atoms with Gasteiger partial charge in [-0.3, -0.25) is 0 Å². The lowest BCUT2D eigenvalue weighted by Crippen LogP contribution is -2.19. The van der Waals surface area contributed by atoms with Gasteiger partial charge >= 0.3 is 0 Å². The zero-order chi connectivity index (χ0) is 18.8. The molecule has 4 nitrogen and oxygen atoms in total. The lowest BCUT2D eigenvalue weighted by molar-refractivity contribution is 0.620. The van der Waals surface area contributed by atoms with Crippen molar-refractivity contribution >= 4 is 16.7 Å². The van der Waals surface area contributed by atoms with E-state index in [0.717, 1.165) is 33.9 Å². The van der Waals surface area contributed by atoms with Crippen LogP contribution >= 0.6 is 0 Å². The molecule has 142 valence electrons. The van der Waals surface area contributed by atoms with Crippen molar-refractivity contribution in [2.24, 2.45) is 0 Å². The average molecular weight is 371 g/mol. The Morgan fingerprint density at radius 2 is 1.75 bits per heavy atom. The molecule has 0 radical (unpaired) electrons. The highest BCUT2D eigenvalue weighted by Crippen LogP contribution is 2.39. The standard InChI is InChI=1S/C24H26N4/c1-2-4-6-21(5-3-1)28-23-19(16-27-24-22(23)13-14-25-24)10-12-20-11-9-18(15-26-20)17-7-8-17/h9,11,13-17,21H,1-8H2,(H2,25,27,28). The molecule has 0 spiro atoms. The summed E-state index contributed by atoms with van der Waals surface area (Å²) in [5.74, 6) is 7.30. The van der Waals surface area contributed by atoms with E-state index < -0.39 is 0 Å². The van der Waals surface area contributed by atoms with Gasteiger partial charge in [-0.25, -0.2) is 9.97 Å². The number of aromatic amines is 1. The second kappa shape index (κ2) is 7.67. The predicted molar refractivity (Wildman–Crippen MR) is 113 cm³/mol. The molecule has 2 fully saturated rings. The average Bonchev–Trinajstić information content (AvgIpc) is 3.51. The van der Waals surface area contributed by atoms with Crippen LogP contribution in [0.15, 0.2) is 36.8 Å². The van der Waals surface area contributed by atoms with E-state index in [9.17, 15) is 0 Å². The Hall–Kier alpha value is -2.80. The maximum absolute atomic E-state index is 4.55. The summed E-state index contributed by atoms with van der Waals surface area (Å²) in [6.45, 7) is 0. The van der Waals surface area contributed by atoms with Crippen LogP contribution in [0.5, 0.6) is 0 Å². The number of nitrogens with one attached hydrogen (secondary N) is 2. The van der Waals surface area contributed by atoms with Gasteiger partial charge in [-0.15, -0.1) is 0 Å². The van der Waals surface area contributed by atoms with Crippen LogP contribution in [0, 0.1) is 11.8 Å². The summed E-state index contributed by atoms with van der Waals surface area (Å²) in [4.78, 5) is 12.3. The van der Waals surface area contributed by atoms with E-state index in [-0.39, 0.29) is 0 Å². The number of anilines is 1. The molecule has 0 atom stereocenters. The summed E-state index contributed by atoms with van der Waals surface area (Å²) in [5, 5.41) is 4.92. The number of aromatic nitrogens is 3. The van der Waals surface area contributed by atoms with Gasteiger partial charge in [-0.2, -0.15) is 0 Å². The molecule has 4 heteroatoms. The highest BCUT2D eigenvalue weighted by atomic mass is 14.9. The molecule has 0 amide bonds.